The third-order valence-electron chi connectivity index (χ3n) is 2.94. The van der Waals surface area contributed by atoms with Gasteiger partial charge in [-0.15, -0.1) is 0 Å². The van der Waals surface area contributed by atoms with Gasteiger partial charge in [0.05, 0.1) is 5.02 Å². The molecule has 1 aromatic carbocycles. The molecule has 3 heteroatoms. The van der Waals surface area contributed by atoms with Gasteiger partial charge in [0.2, 0.25) is 0 Å². The highest BCUT2D eigenvalue weighted by atomic mass is 35.5. The Balaban J connectivity index is 2.06. The molecule has 0 radical (unpaired) electrons. The molecule has 1 aliphatic rings. The van der Waals surface area contributed by atoms with Gasteiger partial charge in [-0.25, -0.2) is 4.39 Å². The quantitative estimate of drug-likeness (QED) is 0.819. The van der Waals surface area contributed by atoms with Crippen LogP contribution in [-0.2, 0) is 6.42 Å². The minimum absolute atomic E-state index is 0.233. The van der Waals surface area contributed by atoms with E-state index in [2.05, 4.69) is 5.32 Å². The predicted octanol–water partition coefficient (Wildman–Crippen LogP) is 3.02. The molecule has 2 rings (SSSR count). The number of piperidine rings is 1. The van der Waals surface area contributed by atoms with Gasteiger partial charge in [0, 0.05) is 0 Å². The van der Waals surface area contributed by atoms with E-state index >= 15 is 0 Å². The van der Waals surface area contributed by atoms with E-state index in [9.17, 15) is 4.39 Å². The first-order chi connectivity index (χ1) is 7.27. The van der Waals surface area contributed by atoms with Gasteiger partial charge < -0.3 is 5.32 Å². The summed E-state index contributed by atoms with van der Waals surface area (Å²) in [5, 5.41) is 3.57. The fourth-order valence-corrected chi connectivity index (χ4v) is 2.31. The van der Waals surface area contributed by atoms with Gasteiger partial charge in [0.1, 0.15) is 5.82 Å². The summed E-state index contributed by atoms with van der Waals surface area (Å²) < 4.78 is 13.6. The lowest BCUT2D eigenvalue weighted by Crippen LogP contribution is -2.31. The predicted molar refractivity (Wildman–Crippen MR) is 60.7 cm³/mol. The lowest BCUT2D eigenvalue weighted by atomic mass is 9.92. The molecule has 1 aromatic rings. The average molecular weight is 228 g/mol. The summed E-state index contributed by atoms with van der Waals surface area (Å²) in [7, 11) is 0. The maximum absolute atomic E-state index is 13.6. The van der Waals surface area contributed by atoms with Crippen LogP contribution in [-0.4, -0.2) is 13.1 Å². The maximum Gasteiger partial charge on any atom is 0.144 e. The number of halogens is 2. The Bertz CT molecular complexity index is 334. The van der Waals surface area contributed by atoms with E-state index in [0.717, 1.165) is 25.1 Å². The van der Waals surface area contributed by atoms with E-state index in [4.69, 9.17) is 11.6 Å². The molecule has 1 atom stereocenters. The van der Waals surface area contributed by atoms with Crippen molar-refractivity contribution in [1.29, 1.82) is 0 Å². The Morgan fingerprint density at radius 3 is 3.07 bits per heavy atom. The van der Waals surface area contributed by atoms with Crippen LogP contribution in [0.4, 0.5) is 4.39 Å². The molecule has 1 saturated heterocycles. The van der Waals surface area contributed by atoms with Crippen LogP contribution in [0, 0.1) is 11.7 Å². The molecule has 0 saturated carbocycles. The van der Waals surface area contributed by atoms with Crippen molar-refractivity contribution in [3.63, 3.8) is 0 Å². The third kappa shape index (κ3) is 2.70. The molecule has 15 heavy (non-hydrogen) atoms. The highest BCUT2D eigenvalue weighted by Gasteiger charge is 2.16. The standard InChI is InChI=1S/C12H15ClFN/c13-11-5-1-4-10(12(11)14)7-9-3-2-6-15-8-9/h1,4-5,9,15H,2-3,6-8H2/t9-/m0/s1. The van der Waals surface area contributed by atoms with Gasteiger partial charge in [-0.1, -0.05) is 23.7 Å². The minimum atomic E-state index is -0.246. The van der Waals surface area contributed by atoms with Crippen molar-refractivity contribution in [2.75, 3.05) is 13.1 Å². The molecular weight excluding hydrogens is 213 g/mol. The minimum Gasteiger partial charge on any atom is -0.316 e. The molecule has 1 heterocycles. The monoisotopic (exact) mass is 227 g/mol. The zero-order valence-electron chi connectivity index (χ0n) is 8.60. The van der Waals surface area contributed by atoms with Crippen LogP contribution in [0.2, 0.25) is 5.02 Å². The second kappa shape index (κ2) is 4.95. The van der Waals surface area contributed by atoms with Crippen LogP contribution >= 0.6 is 11.6 Å². The smallest absolute Gasteiger partial charge is 0.144 e. The Hall–Kier alpha value is -0.600. The molecule has 0 spiro atoms. The van der Waals surface area contributed by atoms with E-state index < -0.39 is 0 Å². The fourth-order valence-electron chi connectivity index (χ4n) is 2.12. The van der Waals surface area contributed by atoms with Crippen LogP contribution in [0.15, 0.2) is 18.2 Å². The first kappa shape index (κ1) is 10.9. The number of benzene rings is 1. The SMILES string of the molecule is Fc1c(Cl)cccc1C[C@@H]1CCCNC1. The molecule has 0 bridgehead atoms. The summed E-state index contributed by atoms with van der Waals surface area (Å²) in [6.45, 7) is 2.08. The van der Waals surface area contributed by atoms with Crippen LogP contribution in [0.3, 0.4) is 0 Å². The maximum atomic E-state index is 13.6. The van der Waals surface area contributed by atoms with Crippen LogP contribution < -0.4 is 5.32 Å². The summed E-state index contributed by atoms with van der Waals surface area (Å²) in [6.07, 6.45) is 3.16. The normalized spacial score (nSPS) is 21.6. The lowest BCUT2D eigenvalue weighted by Gasteiger charge is -2.22. The summed E-state index contributed by atoms with van der Waals surface area (Å²) in [5.41, 5.74) is 0.746. The molecule has 1 N–H and O–H groups in total. The average Bonchev–Trinajstić information content (AvgIpc) is 2.26. The Morgan fingerprint density at radius 2 is 2.33 bits per heavy atom. The third-order valence-corrected chi connectivity index (χ3v) is 3.23. The van der Waals surface area contributed by atoms with Crippen LogP contribution in [0.1, 0.15) is 18.4 Å². The highest BCUT2D eigenvalue weighted by Crippen LogP contribution is 2.22. The number of rotatable bonds is 2. The second-order valence-electron chi connectivity index (χ2n) is 4.13. The summed E-state index contributed by atoms with van der Waals surface area (Å²) in [5.74, 6) is 0.302. The van der Waals surface area contributed by atoms with Crippen molar-refractivity contribution >= 4 is 11.6 Å². The van der Waals surface area contributed by atoms with E-state index in [0.29, 0.717) is 5.92 Å². The van der Waals surface area contributed by atoms with Gasteiger partial charge in [0.25, 0.3) is 0 Å². The van der Waals surface area contributed by atoms with E-state index in [-0.39, 0.29) is 10.8 Å². The molecule has 1 nitrogen and oxygen atoms in total. The molecule has 0 aliphatic carbocycles. The lowest BCUT2D eigenvalue weighted by molar-refractivity contribution is 0.372. The summed E-state index contributed by atoms with van der Waals surface area (Å²) >= 11 is 5.74. The first-order valence-corrected chi connectivity index (χ1v) is 5.79. The Labute approximate surface area is 94.6 Å². The van der Waals surface area contributed by atoms with Crippen molar-refractivity contribution in [1.82, 2.24) is 5.32 Å². The molecular formula is C12H15ClFN. The van der Waals surface area contributed by atoms with Crippen LogP contribution in [0.5, 0.6) is 0 Å². The Kier molecular flexibility index (Phi) is 3.60. The van der Waals surface area contributed by atoms with Crippen molar-refractivity contribution in [2.24, 2.45) is 5.92 Å². The van der Waals surface area contributed by atoms with E-state index in [1.807, 2.05) is 12.1 Å². The van der Waals surface area contributed by atoms with Crippen LogP contribution in [0.25, 0.3) is 0 Å². The molecule has 0 unspecified atom stereocenters. The fraction of sp³-hybridized carbons (Fsp3) is 0.500. The molecule has 1 aliphatic heterocycles. The summed E-state index contributed by atoms with van der Waals surface area (Å²) in [4.78, 5) is 0. The molecule has 0 amide bonds. The molecule has 0 aromatic heterocycles. The van der Waals surface area contributed by atoms with Crippen molar-refractivity contribution in [2.45, 2.75) is 19.3 Å². The summed E-state index contributed by atoms with van der Waals surface area (Å²) in [6, 6.07) is 5.24. The van der Waals surface area contributed by atoms with Gasteiger partial charge in [-0.2, -0.15) is 0 Å². The topological polar surface area (TPSA) is 12.0 Å². The number of hydrogen-bond acceptors (Lipinski definition) is 1. The zero-order chi connectivity index (χ0) is 10.7. The largest absolute Gasteiger partial charge is 0.316 e. The number of hydrogen-bond donors (Lipinski definition) is 1. The second-order valence-corrected chi connectivity index (χ2v) is 4.54. The van der Waals surface area contributed by atoms with Crippen molar-refractivity contribution < 1.29 is 4.39 Å². The van der Waals surface area contributed by atoms with Gasteiger partial charge >= 0.3 is 0 Å². The van der Waals surface area contributed by atoms with Gasteiger partial charge in [0.15, 0.2) is 0 Å². The Morgan fingerprint density at radius 1 is 1.47 bits per heavy atom. The van der Waals surface area contributed by atoms with Gasteiger partial charge in [-0.3, -0.25) is 0 Å². The number of nitrogens with one attached hydrogen (secondary N) is 1. The molecule has 82 valence electrons. The molecule has 1 fully saturated rings. The zero-order valence-corrected chi connectivity index (χ0v) is 9.36. The van der Waals surface area contributed by atoms with Gasteiger partial charge in [-0.05, 0) is 49.9 Å². The van der Waals surface area contributed by atoms with Crippen molar-refractivity contribution in [3.8, 4) is 0 Å². The highest BCUT2D eigenvalue weighted by molar-refractivity contribution is 6.30. The first-order valence-electron chi connectivity index (χ1n) is 5.41. The van der Waals surface area contributed by atoms with Crippen molar-refractivity contribution in [3.05, 3.63) is 34.6 Å². The van der Waals surface area contributed by atoms with E-state index in [1.165, 1.54) is 12.8 Å². The van der Waals surface area contributed by atoms with E-state index in [1.54, 1.807) is 6.07 Å².